The van der Waals surface area contributed by atoms with Gasteiger partial charge in [-0.15, -0.1) is 0 Å². The van der Waals surface area contributed by atoms with Crippen molar-refractivity contribution >= 4 is 15.7 Å². The fraction of sp³-hybridized carbons (Fsp3) is 1.00. The molecule has 0 aromatic carbocycles. The Morgan fingerprint density at radius 3 is 2.67 bits per heavy atom. The molecule has 2 bridgehead atoms. The Kier molecular flexibility index (Phi) is 2.94. The molecule has 9 heteroatoms. The van der Waals surface area contributed by atoms with Crippen molar-refractivity contribution in [3.05, 3.63) is 0 Å². The average molecular weight is 236 g/mol. The molecular formula is C6H10BO7P. The fourth-order valence-corrected chi connectivity index (χ4v) is 2.32. The summed E-state index contributed by atoms with van der Waals surface area (Å²) in [6.07, 6.45) is -3.55. The molecule has 2 radical (unpaired) electrons. The van der Waals surface area contributed by atoms with Crippen LogP contribution in [0.15, 0.2) is 0 Å². The van der Waals surface area contributed by atoms with Crippen molar-refractivity contribution in [3.63, 3.8) is 0 Å². The van der Waals surface area contributed by atoms with Crippen LogP contribution in [0.3, 0.4) is 0 Å². The number of hydrogen-bond donors (Lipinski definition) is 3. The Balaban J connectivity index is 2.07. The van der Waals surface area contributed by atoms with Gasteiger partial charge in [0.1, 0.15) is 32.3 Å². The second kappa shape index (κ2) is 3.82. The molecule has 2 rings (SSSR count). The maximum atomic E-state index is 10.6. The first kappa shape index (κ1) is 11.5. The van der Waals surface area contributed by atoms with Gasteiger partial charge in [0.25, 0.3) is 0 Å². The van der Waals surface area contributed by atoms with E-state index in [2.05, 4.69) is 4.52 Å². The van der Waals surface area contributed by atoms with Crippen LogP contribution in [0, 0.1) is 0 Å². The van der Waals surface area contributed by atoms with Crippen LogP contribution in [0.25, 0.3) is 0 Å². The molecule has 5 atom stereocenters. The normalized spacial score (nSPS) is 45.7. The second-order valence-corrected chi connectivity index (χ2v) is 4.68. The summed E-state index contributed by atoms with van der Waals surface area (Å²) >= 11 is 0. The Morgan fingerprint density at radius 1 is 1.40 bits per heavy atom. The summed E-state index contributed by atoms with van der Waals surface area (Å²) in [5.74, 6) is 0. The zero-order chi connectivity index (χ0) is 11.2. The predicted octanol–water partition coefficient (Wildman–Crippen LogP) is -1.88. The third kappa shape index (κ3) is 2.26. The van der Waals surface area contributed by atoms with Crippen molar-refractivity contribution in [1.82, 2.24) is 0 Å². The van der Waals surface area contributed by atoms with Crippen LogP contribution in [-0.4, -0.2) is 59.8 Å². The van der Waals surface area contributed by atoms with E-state index in [1.54, 1.807) is 0 Å². The van der Waals surface area contributed by atoms with E-state index in [0.29, 0.717) is 0 Å². The highest BCUT2D eigenvalue weighted by Gasteiger charge is 2.51. The molecule has 0 saturated carbocycles. The van der Waals surface area contributed by atoms with Gasteiger partial charge in [-0.1, -0.05) is 0 Å². The largest absolute Gasteiger partial charge is 0.470 e. The summed E-state index contributed by atoms with van der Waals surface area (Å²) in [4.78, 5) is 17.2. The third-order valence-corrected chi connectivity index (χ3v) is 2.95. The monoisotopic (exact) mass is 236 g/mol. The molecule has 3 N–H and O–H groups in total. The molecule has 0 aliphatic carbocycles. The molecule has 0 spiro atoms. The minimum Gasteiger partial charge on any atom is -0.388 e. The van der Waals surface area contributed by atoms with Crippen molar-refractivity contribution in [2.45, 2.75) is 30.4 Å². The predicted molar refractivity (Wildman–Crippen MR) is 47.1 cm³/mol. The maximum Gasteiger partial charge on any atom is 0.470 e. The van der Waals surface area contributed by atoms with Crippen molar-refractivity contribution in [3.8, 4) is 0 Å². The van der Waals surface area contributed by atoms with Gasteiger partial charge in [0.05, 0.1) is 6.61 Å². The lowest BCUT2D eigenvalue weighted by Crippen LogP contribution is -2.49. The summed E-state index contributed by atoms with van der Waals surface area (Å²) in [5.41, 5.74) is 0. The molecule has 2 fully saturated rings. The van der Waals surface area contributed by atoms with E-state index in [-0.39, 0.29) is 6.61 Å². The first-order valence-corrected chi connectivity index (χ1v) is 5.86. The molecular weight excluding hydrogens is 226 g/mol. The quantitative estimate of drug-likeness (QED) is 0.380. The van der Waals surface area contributed by atoms with Crippen molar-refractivity contribution in [2.75, 3.05) is 6.61 Å². The number of rotatable bonds is 2. The topological polar surface area (TPSA) is 105 Å². The number of aliphatic hydroxyl groups excluding tert-OH is 1. The van der Waals surface area contributed by atoms with Gasteiger partial charge in [0.15, 0.2) is 0 Å². The van der Waals surface area contributed by atoms with Crippen LogP contribution in [-0.2, 0) is 18.6 Å². The van der Waals surface area contributed by atoms with Crippen LogP contribution >= 0.6 is 7.82 Å². The molecule has 2 saturated heterocycles. The molecule has 2 heterocycles. The number of hydrogen-bond acceptors (Lipinski definition) is 5. The molecule has 0 amide bonds. The lowest BCUT2D eigenvalue weighted by Gasteiger charge is -2.31. The van der Waals surface area contributed by atoms with E-state index < -0.39 is 38.2 Å². The van der Waals surface area contributed by atoms with Gasteiger partial charge < -0.3 is 24.4 Å². The first-order valence-electron chi connectivity index (χ1n) is 4.33. The van der Waals surface area contributed by atoms with Gasteiger partial charge in [0, 0.05) is 6.00 Å². The Bertz CT molecular complexity index is 293. The zero-order valence-electron chi connectivity index (χ0n) is 7.59. The molecule has 15 heavy (non-hydrogen) atoms. The smallest absolute Gasteiger partial charge is 0.388 e. The van der Waals surface area contributed by atoms with E-state index in [0.717, 1.165) is 0 Å². The van der Waals surface area contributed by atoms with Crippen LogP contribution in [0.4, 0.5) is 0 Å². The first-order chi connectivity index (χ1) is 6.88. The lowest BCUT2D eigenvalue weighted by atomic mass is 9.91. The van der Waals surface area contributed by atoms with Crippen LogP contribution in [0.1, 0.15) is 0 Å². The maximum absolute atomic E-state index is 10.6. The Labute approximate surface area is 87.0 Å². The van der Waals surface area contributed by atoms with Crippen LogP contribution < -0.4 is 0 Å². The molecule has 7 nitrogen and oxygen atoms in total. The number of phosphoric acid groups is 1. The highest BCUT2D eigenvalue weighted by atomic mass is 31.2. The summed E-state index contributed by atoms with van der Waals surface area (Å²) in [7, 11) is 0.855. The molecule has 0 aromatic rings. The summed E-state index contributed by atoms with van der Waals surface area (Å²) in [5, 5.41) is 9.58. The fourth-order valence-electron chi connectivity index (χ4n) is 1.79. The van der Waals surface area contributed by atoms with E-state index in [9.17, 15) is 9.67 Å². The number of ether oxygens (including phenoxy) is 2. The summed E-state index contributed by atoms with van der Waals surface area (Å²) in [6, 6.07) is -0.796. The third-order valence-electron chi connectivity index (χ3n) is 2.40. The molecule has 2 aliphatic rings. The van der Waals surface area contributed by atoms with E-state index >= 15 is 0 Å². The van der Waals surface area contributed by atoms with Crippen molar-refractivity contribution in [1.29, 1.82) is 0 Å². The minimum atomic E-state index is -4.62. The standard InChI is InChI=1S/C6H10BO7P/c7-6-5-3(8)4(13-6)2(1-12-5)14-15(9,10)11/h2-6,8H,1H2,(H2,9,10,11)/t2?,3-,4-,5-,6-/m1/s1. The number of fused-ring (bicyclic) bond motifs is 2. The Hall–Kier alpha value is 0.0549. The molecule has 84 valence electrons. The summed E-state index contributed by atoms with van der Waals surface area (Å²) in [6.45, 7) is -0.0643. The highest BCUT2D eigenvalue weighted by molar-refractivity contribution is 7.46. The number of phosphoric ester groups is 1. The zero-order valence-corrected chi connectivity index (χ0v) is 8.49. The van der Waals surface area contributed by atoms with E-state index in [1.807, 2.05) is 0 Å². The summed E-state index contributed by atoms with van der Waals surface area (Å²) < 4.78 is 25.2. The average Bonchev–Trinajstić information content (AvgIpc) is 2.26. The number of aliphatic hydroxyl groups is 1. The molecule has 1 unspecified atom stereocenters. The van der Waals surface area contributed by atoms with E-state index in [4.69, 9.17) is 27.1 Å². The minimum absolute atomic E-state index is 0.0643. The SMILES string of the molecule is [B][C@@H]1O[C@@H]2C(OP(=O)(O)O)CO[C@@H]1[C@@H]2O. The molecule has 2 aliphatic heterocycles. The van der Waals surface area contributed by atoms with E-state index in [1.165, 1.54) is 0 Å². The van der Waals surface area contributed by atoms with Gasteiger partial charge in [-0.3, -0.25) is 4.52 Å². The Morgan fingerprint density at radius 2 is 2.07 bits per heavy atom. The van der Waals surface area contributed by atoms with Gasteiger partial charge in [0.2, 0.25) is 0 Å². The van der Waals surface area contributed by atoms with Gasteiger partial charge in [-0.25, -0.2) is 4.57 Å². The lowest BCUT2D eigenvalue weighted by molar-refractivity contribution is -0.122. The van der Waals surface area contributed by atoms with Gasteiger partial charge >= 0.3 is 7.82 Å². The van der Waals surface area contributed by atoms with Gasteiger partial charge in [-0.2, -0.15) is 0 Å². The van der Waals surface area contributed by atoms with Crippen molar-refractivity contribution in [2.24, 2.45) is 0 Å². The van der Waals surface area contributed by atoms with Gasteiger partial charge in [-0.05, 0) is 0 Å². The van der Waals surface area contributed by atoms with Crippen LogP contribution in [0.2, 0.25) is 0 Å². The second-order valence-electron chi connectivity index (χ2n) is 3.49. The molecule has 0 aromatic heterocycles. The highest BCUT2D eigenvalue weighted by Crippen LogP contribution is 2.42. The van der Waals surface area contributed by atoms with Crippen molar-refractivity contribution < 1.29 is 33.5 Å². The van der Waals surface area contributed by atoms with Crippen LogP contribution in [0.5, 0.6) is 0 Å².